The fourth-order valence-electron chi connectivity index (χ4n) is 5.83. The summed E-state index contributed by atoms with van der Waals surface area (Å²) in [5.74, 6) is 0.186. The van der Waals surface area contributed by atoms with Crippen LogP contribution in [0.1, 0.15) is 71.3 Å². The Morgan fingerprint density at radius 3 is 2.59 bits per heavy atom. The van der Waals surface area contributed by atoms with Gasteiger partial charge in [-0.25, -0.2) is 0 Å². The van der Waals surface area contributed by atoms with Gasteiger partial charge in [0, 0.05) is 42.7 Å². The molecule has 194 valence electrons. The van der Waals surface area contributed by atoms with Gasteiger partial charge in [-0.3, -0.25) is 19.5 Å². The molecule has 1 aromatic heterocycles. The molecular formula is C31H38N4O2. The molecule has 6 heteroatoms. The topological polar surface area (TPSA) is 65.5 Å². The third kappa shape index (κ3) is 5.40. The average Bonchev–Trinajstić information content (AvgIpc) is 3.67. The molecule has 2 heterocycles. The largest absolute Gasteiger partial charge is 0.358 e. The van der Waals surface area contributed by atoms with Crippen LogP contribution in [0.3, 0.4) is 0 Å². The molecular weight excluding hydrogens is 460 g/mol. The normalized spacial score (nSPS) is 19.8. The van der Waals surface area contributed by atoms with Crippen LogP contribution >= 0.6 is 0 Å². The Kier molecular flexibility index (Phi) is 7.04. The summed E-state index contributed by atoms with van der Waals surface area (Å²) in [7, 11) is 1.63. The van der Waals surface area contributed by atoms with Gasteiger partial charge in [0.2, 0.25) is 5.91 Å². The number of aryl methyl sites for hydroxylation is 2. The zero-order valence-corrected chi connectivity index (χ0v) is 22.5. The maximum atomic E-state index is 14.3. The Labute approximate surface area is 220 Å². The number of likely N-dealkylation sites (N-methyl/N-ethyl adjacent to an activating group) is 1. The van der Waals surface area contributed by atoms with Crippen LogP contribution in [0.4, 0.5) is 0 Å². The van der Waals surface area contributed by atoms with Crippen molar-refractivity contribution in [1.29, 1.82) is 0 Å². The van der Waals surface area contributed by atoms with E-state index in [1.165, 1.54) is 5.56 Å². The van der Waals surface area contributed by atoms with Crippen molar-refractivity contribution in [1.82, 2.24) is 20.1 Å². The van der Waals surface area contributed by atoms with E-state index < -0.39 is 0 Å². The molecule has 2 aromatic carbocycles. The Morgan fingerprint density at radius 2 is 1.89 bits per heavy atom. The zero-order valence-electron chi connectivity index (χ0n) is 22.5. The Hall–Kier alpha value is -3.25. The van der Waals surface area contributed by atoms with Gasteiger partial charge in [0.25, 0.3) is 5.91 Å². The molecule has 2 fully saturated rings. The quantitative estimate of drug-likeness (QED) is 0.476. The highest BCUT2D eigenvalue weighted by Gasteiger charge is 2.40. The standard InChI is InChI=1S/C31H38N4O2/c1-21-15-22(2)29-25(16-21)26(17-27(33-29)24-11-12-24)30(37)34(19-28(36)32-4)20-31(3)13-8-14-35(31)18-23-9-6-5-7-10-23/h5-7,9-10,15-17,24H,8,11-14,18-20H2,1-4H3,(H,32,36). The number of hydrogen-bond donors (Lipinski definition) is 1. The Balaban J connectivity index is 1.51. The molecule has 1 saturated carbocycles. The number of hydrogen-bond acceptors (Lipinski definition) is 4. The Bertz CT molecular complexity index is 1320. The van der Waals surface area contributed by atoms with E-state index in [9.17, 15) is 9.59 Å². The minimum atomic E-state index is -0.215. The minimum absolute atomic E-state index is 0.0392. The highest BCUT2D eigenvalue weighted by atomic mass is 16.2. The molecule has 0 radical (unpaired) electrons. The number of benzene rings is 2. The first-order valence-corrected chi connectivity index (χ1v) is 13.5. The maximum absolute atomic E-state index is 14.3. The minimum Gasteiger partial charge on any atom is -0.358 e. The second-order valence-corrected chi connectivity index (χ2v) is 11.2. The molecule has 1 atom stereocenters. The highest BCUT2D eigenvalue weighted by Crippen LogP contribution is 2.41. The first-order chi connectivity index (χ1) is 17.8. The van der Waals surface area contributed by atoms with Crippen molar-refractivity contribution >= 4 is 22.7 Å². The fourth-order valence-corrected chi connectivity index (χ4v) is 5.83. The fraction of sp³-hybridized carbons (Fsp3) is 0.452. The number of rotatable bonds is 8. The SMILES string of the molecule is CNC(=O)CN(CC1(C)CCCN1Cc1ccccc1)C(=O)c1cc(C2CC2)nc2c(C)cc(C)cc12. The molecule has 0 bridgehead atoms. The van der Waals surface area contributed by atoms with E-state index >= 15 is 0 Å². The van der Waals surface area contributed by atoms with E-state index in [0.29, 0.717) is 18.0 Å². The smallest absolute Gasteiger partial charge is 0.255 e. The number of nitrogens with zero attached hydrogens (tertiary/aromatic N) is 3. The van der Waals surface area contributed by atoms with Gasteiger partial charge in [-0.05, 0) is 76.3 Å². The van der Waals surface area contributed by atoms with Crippen LogP contribution in [0.5, 0.6) is 0 Å². The van der Waals surface area contributed by atoms with E-state index in [0.717, 1.165) is 66.5 Å². The number of aromatic nitrogens is 1. The molecule has 37 heavy (non-hydrogen) atoms. The van der Waals surface area contributed by atoms with Gasteiger partial charge in [-0.15, -0.1) is 0 Å². The van der Waals surface area contributed by atoms with Gasteiger partial charge in [0.15, 0.2) is 0 Å². The van der Waals surface area contributed by atoms with Crippen molar-refractivity contribution in [3.63, 3.8) is 0 Å². The zero-order chi connectivity index (χ0) is 26.2. The van der Waals surface area contributed by atoms with E-state index in [4.69, 9.17) is 4.98 Å². The van der Waals surface area contributed by atoms with Gasteiger partial charge in [0.05, 0.1) is 17.6 Å². The number of carbonyl (C=O) groups excluding carboxylic acids is 2. The molecule has 1 aliphatic carbocycles. The van der Waals surface area contributed by atoms with Gasteiger partial charge in [0.1, 0.15) is 0 Å². The molecule has 3 aromatic rings. The average molecular weight is 499 g/mol. The van der Waals surface area contributed by atoms with Crippen molar-refractivity contribution in [2.24, 2.45) is 0 Å². The van der Waals surface area contributed by atoms with Crippen LogP contribution in [0.15, 0.2) is 48.5 Å². The van der Waals surface area contributed by atoms with E-state index in [2.05, 4.69) is 67.4 Å². The van der Waals surface area contributed by atoms with Crippen LogP contribution in [0, 0.1) is 13.8 Å². The number of likely N-dealkylation sites (tertiary alicyclic amines) is 1. The van der Waals surface area contributed by atoms with Gasteiger partial charge < -0.3 is 10.2 Å². The summed E-state index contributed by atoms with van der Waals surface area (Å²) in [5, 5.41) is 3.61. The summed E-state index contributed by atoms with van der Waals surface area (Å²) < 4.78 is 0. The third-order valence-corrected chi connectivity index (χ3v) is 8.05. The molecule has 2 amide bonds. The van der Waals surface area contributed by atoms with Crippen LogP contribution in [-0.2, 0) is 11.3 Å². The summed E-state index contributed by atoms with van der Waals surface area (Å²) in [6.45, 7) is 8.71. The van der Waals surface area contributed by atoms with Crippen LogP contribution in [0.2, 0.25) is 0 Å². The molecule has 1 N–H and O–H groups in total. The van der Waals surface area contributed by atoms with Crippen molar-refractivity contribution in [2.75, 3.05) is 26.7 Å². The molecule has 1 saturated heterocycles. The number of pyridine rings is 1. The van der Waals surface area contributed by atoms with E-state index in [1.807, 2.05) is 12.1 Å². The van der Waals surface area contributed by atoms with Crippen LogP contribution in [0.25, 0.3) is 10.9 Å². The van der Waals surface area contributed by atoms with Crippen molar-refractivity contribution in [3.05, 3.63) is 76.5 Å². The summed E-state index contributed by atoms with van der Waals surface area (Å²) in [4.78, 5) is 36.2. The van der Waals surface area contributed by atoms with Crippen molar-refractivity contribution in [2.45, 2.75) is 64.5 Å². The van der Waals surface area contributed by atoms with E-state index in [-0.39, 0.29) is 23.9 Å². The predicted octanol–water partition coefficient (Wildman–Crippen LogP) is 4.97. The van der Waals surface area contributed by atoms with Gasteiger partial charge >= 0.3 is 0 Å². The molecule has 2 aliphatic rings. The lowest BCUT2D eigenvalue weighted by molar-refractivity contribution is -0.121. The number of carbonyl (C=O) groups is 2. The second-order valence-electron chi connectivity index (χ2n) is 11.2. The van der Waals surface area contributed by atoms with Gasteiger partial charge in [-0.2, -0.15) is 0 Å². The predicted molar refractivity (Wildman–Crippen MR) is 148 cm³/mol. The first kappa shape index (κ1) is 25.4. The molecule has 1 unspecified atom stereocenters. The number of amides is 2. The molecule has 5 rings (SSSR count). The van der Waals surface area contributed by atoms with Gasteiger partial charge in [-0.1, -0.05) is 42.0 Å². The van der Waals surface area contributed by atoms with Crippen LogP contribution < -0.4 is 5.32 Å². The summed E-state index contributed by atoms with van der Waals surface area (Å²) >= 11 is 0. The van der Waals surface area contributed by atoms with Crippen molar-refractivity contribution < 1.29 is 9.59 Å². The monoisotopic (exact) mass is 498 g/mol. The number of fused-ring (bicyclic) bond motifs is 1. The van der Waals surface area contributed by atoms with Crippen molar-refractivity contribution in [3.8, 4) is 0 Å². The molecule has 0 spiro atoms. The van der Waals surface area contributed by atoms with E-state index in [1.54, 1.807) is 11.9 Å². The molecule has 6 nitrogen and oxygen atoms in total. The third-order valence-electron chi connectivity index (χ3n) is 8.05. The summed E-state index contributed by atoms with van der Waals surface area (Å²) in [6.07, 6.45) is 4.30. The first-order valence-electron chi connectivity index (χ1n) is 13.5. The summed E-state index contributed by atoms with van der Waals surface area (Å²) in [5.41, 5.74) is 5.80. The lowest BCUT2D eigenvalue weighted by Gasteiger charge is -2.39. The number of nitrogens with one attached hydrogen (secondary N) is 1. The second kappa shape index (κ2) is 10.3. The Morgan fingerprint density at radius 1 is 1.14 bits per heavy atom. The maximum Gasteiger partial charge on any atom is 0.255 e. The van der Waals surface area contributed by atoms with Crippen LogP contribution in [-0.4, -0.2) is 58.8 Å². The summed E-state index contributed by atoms with van der Waals surface area (Å²) in [6, 6.07) is 16.7. The molecule has 1 aliphatic heterocycles. The lowest BCUT2D eigenvalue weighted by atomic mass is 9.95. The highest BCUT2D eigenvalue weighted by molar-refractivity contribution is 6.08. The lowest BCUT2D eigenvalue weighted by Crippen LogP contribution is -2.53.